The van der Waals surface area contributed by atoms with Gasteiger partial charge in [0.2, 0.25) is 6.79 Å². The molecule has 1 aromatic carbocycles. The van der Waals surface area contributed by atoms with Gasteiger partial charge in [0.15, 0.2) is 17.2 Å². The Kier molecular flexibility index (Phi) is 4.45. The third kappa shape index (κ3) is 3.48. The number of carbonyl (C=O) groups excluding carboxylic acids is 1. The Labute approximate surface area is 148 Å². The summed E-state index contributed by atoms with van der Waals surface area (Å²) in [6, 6.07) is 7.63. The average molecular weight is 343 g/mol. The average Bonchev–Trinajstić information content (AvgIpc) is 3.17. The van der Waals surface area contributed by atoms with Crippen molar-refractivity contribution in [2.75, 3.05) is 13.3 Å². The highest BCUT2D eigenvalue weighted by atomic mass is 16.7. The molecule has 2 heterocycles. The largest absolute Gasteiger partial charge is 0.454 e. The minimum Gasteiger partial charge on any atom is -0.454 e. The van der Waals surface area contributed by atoms with Crippen LogP contribution >= 0.6 is 0 Å². The Morgan fingerprint density at radius 1 is 1.24 bits per heavy atom. The number of aromatic nitrogens is 2. The molecule has 0 N–H and O–H groups in total. The van der Waals surface area contributed by atoms with Gasteiger partial charge in [-0.1, -0.05) is 6.07 Å². The van der Waals surface area contributed by atoms with Gasteiger partial charge in [0.25, 0.3) is 5.91 Å². The molecule has 0 bridgehead atoms. The van der Waals surface area contributed by atoms with Crippen molar-refractivity contribution in [2.45, 2.75) is 46.7 Å². The van der Waals surface area contributed by atoms with E-state index in [9.17, 15) is 4.79 Å². The summed E-state index contributed by atoms with van der Waals surface area (Å²) in [6.45, 7) is 11.5. The number of aryl methyl sites for hydroxylation is 1. The zero-order chi connectivity index (χ0) is 18.2. The van der Waals surface area contributed by atoms with Crippen molar-refractivity contribution in [3.63, 3.8) is 0 Å². The number of benzene rings is 1. The van der Waals surface area contributed by atoms with Gasteiger partial charge < -0.3 is 14.4 Å². The molecule has 1 aliphatic rings. The summed E-state index contributed by atoms with van der Waals surface area (Å²) in [5.74, 6) is 1.41. The Morgan fingerprint density at radius 3 is 2.60 bits per heavy atom. The highest BCUT2D eigenvalue weighted by Crippen LogP contribution is 2.32. The SMILES string of the molecule is CCN(Cc1ccc2c(c1)OCO2)C(=O)c1cc(C)n(C(C)(C)C)n1. The first kappa shape index (κ1) is 17.3. The van der Waals surface area contributed by atoms with Crippen molar-refractivity contribution in [1.82, 2.24) is 14.7 Å². The summed E-state index contributed by atoms with van der Waals surface area (Å²) in [7, 11) is 0. The molecule has 1 aromatic heterocycles. The van der Waals surface area contributed by atoms with Gasteiger partial charge in [-0.05, 0) is 58.4 Å². The second-order valence-electron chi connectivity index (χ2n) is 7.26. The smallest absolute Gasteiger partial charge is 0.274 e. The lowest BCUT2D eigenvalue weighted by Crippen LogP contribution is -2.31. The lowest BCUT2D eigenvalue weighted by atomic mass is 10.1. The molecule has 0 saturated carbocycles. The van der Waals surface area contributed by atoms with Crippen LogP contribution in [0.25, 0.3) is 0 Å². The molecule has 0 aliphatic carbocycles. The molecule has 25 heavy (non-hydrogen) atoms. The van der Waals surface area contributed by atoms with Gasteiger partial charge in [-0.3, -0.25) is 9.48 Å². The Morgan fingerprint density at radius 2 is 1.96 bits per heavy atom. The summed E-state index contributed by atoms with van der Waals surface area (Å²) in [6.07, 6.45) is 0. The van der Waals surface area contributed by atoms with Crippen LogP contribution in [0.3, 0.4) is 0 Å². The number of rotatable bonds is 4. The fourth-order valence-electron chi connectivity index (χ4n) is 3.01. The van der Waals surface area contributed by atoms with Crippen molar-refractivity contribution in [2.24, 2.45) is 0 Å². The van der Waals surface area contributed by atoms with E-state index in [1.807, 2.05) is 42.8 Å². The third-order valence-electron chi connectivity index (χ3n) is 4.22. The van der Waals surface area contributed by atoms with Gasteiger partial charge in [0, 0.05) is 18.8 Å². The van der Waals surface area contributed by atoms with Crippen molar-refractivity contribution < 1.29 is 14.3 Å². The Balaban J connectivity index is 1.80. The van der Waals surface area contributed by atoms with E-state index in [0.717, 1.165) is 22.8 Å². The van der Waals surface area contributed by atoms with Crippen LogP contribution in [0.5, 0.6) is 11.5 Å². The fraction of sp³-hybridized carbons (Fsp3) is 0.474. The summed E-state index contributed by atoms with van der Waals surface area (Å²) < 4.78 is 12.6. The molecule has 1 aliphatic heterocycles. The van der Waals surface area contributed by atoms with Crippen molar-refractivity contribution in [3.05, 3.63) is 41.2 Å². The summed E-state index contributed by atoms with van der Waals surface area (Å²) >= 11 is 0. The van der Waals surface area contributed by atoms with Gasteiger partial charge in [-0.2, -0.15) is 5.10 Å². The van der Waals surface area contributed by atoms with Gasteiger partial charge in [0.1, 0.15) is 0 Å². The zero-order valence-corrected chi connectivity index (χ0v) is 15.5. The number of carbonyl (C=O) groups is 1. The molecule has 3 rings (SSSR count). The second kappa shape index (κ2) is 6.43. The standard InChI is InChI=1S/C19H25N3O3/c1-6-21(11-14-7-8-16-17(10-14)25-12-24-16)18(23)15-9-13(2)22(20-15)19(3,4)5/h7-10H,6,11-12H2,1-5H3. The van der Waals surface area contributed by atoms with Crippen LogP contribution in [0.15, 0.2) is 24.3 Å². The van der Waals surface area contributed by atoms with Crippen LogP contribution in [0.4, 0.5) is 0 Å². The van der Waals surface area contributed by atoms with Crippen molar-refractivity contribution in [1.29, 1.82) is 0 Å². The van der Waals surface area contributed by atoms with Gasteiger partial charge >= 0.3 is 0 Å². The lowest BCUT2D eigenvalue weighted by molar-refractivity contribution is 0.0744. The predicted octanol–water partition coefficient (Wildman–Crippen LogP) is 3.34. The maximum absolute atomic E-state index is 12.9. The van der Waals surface area contributed by atoms with E-state index in [4.69, 9.17) is 9.47 Å². The molecule has 1 amide bonds. The number of amides is 1. The molecule has 2 aromatic rings. The summed E-state index contributed by atoms with van der Waals surface area (Å²) in [4.78, 5) is 14.7. The Bertz CT molecular complexity index is 790. The molecule has 0 spiro atoms. The maximum atomic E-state index is 12.9. The van der Waals surface area contributed by atoms with E-state index in [1.54, 1.807) is 4.90 Å². The maximum Gasteiger partial charge on any atom is 0.274 e. The van der Waals surface area contributed by atoms with Crippen LogP contribution in [0.1, 0.15) is 49.4 Å². The van der Waals surface area contributed by atoms with Crippen molar-refractivity contribution in [3.8, 4) is 11.5 Å². The van der Waals surface area contributed by atoms with E-state index in [0.29, 0.717) is 18.8 Å². The highest BCUT2D eigenvalue weighted by molar-refractivity contribution is 5.92. The first-order valence-electron chi connectivity index (χ1n) is 8.54. The first-order valence-corrected chi connectivity index (χ1v) is 8.54. The van der Waals surface area contributed by atoms with Crippen LogP contribution in [0.2, 0.25) is 0 Å². The number of ether oxygens (including phenoxy) is 2. The minimum atomic E-state index is -0.156. The molecule has 134 valence electrons. The van der Waals surface area contributed by atoms with E-state index in [2.05, 4.69) is 25.9 Å². The summed E-state index contributed by atoms with van der Waals surface area (Å²) in [5, 5.41) is 4.53. The summed E-state index contributed by atoms with van der Waals surface area (Å²) in [5.41, 5.74) is 2.31. The first-order chi connectivity index (χ1) is 11.8. The van der Waals surface area contributed by atoms with E-state index >= 15 is 0 Å². The minimum absolute atomic E-state index is 0.0636. The molecular formula is C19H25N3O3. The molecule has 0 radical (unpaired) electrons. The van der Waals surface area contributed by atoms with Gasteiger partial charge in [-0.15, -0.1) is 0 Å². The van der Waals surface area contributed by atoms with Gasteiger partial charge in [-0.25, -0.2) is 0 Å². The highest BCUT2D eigenvalue weighted by Gasteiger charge is 2.23. The monoisotopic (exact) mass is 343 g/mol. The molecule has 0 unspecified atom stereocenters. The van der Waals surface area contributed by atoms with Crippen LogP contribution in [-0.2, 0) is 12.1 Å². The van der Waals surface area contributed by atoms with Crippen LogP contribution in [0, 0.1) is 6.92 Å². The quantitative estimate of drug-likeness (QED) is 0.854. The predicted molar refractivity (Wildman–Crippen MR) is 94.9 cm³/mol. The van der Waals surface area contributed by atoms with Crippen LogP contribution < -0.4 is 9.47 Å². The second-order valence-corrected chi connectivity index (χ2v) is 7.26. The van der Waals surface area contributed by atoms with Crippen LogP contribution in [-0.4, -0.2) is 33.9 Å². The molecular weight excluding hydrogens is 318 g/mol. The molecule has 6 nitrogen and oxygen atoms in total. The molecule has 6 heteroatoms. The number of nitrogens with zero attached hydrogens (tertiary/aromatic N) is 3. The number of hydrogen-bond donors (Lipinski definition) is 0. The van der Waals surface area contributed by atoms with E-state index in [-0.39, 0.29) is 18.2 Å². The molecule has 0 atom stereocenters. The number of fused-ring (bicyclic) bond motifs is 1. The zero-order valence-electron chi connectivity index (χ0n) is 15.5. The van der Waals surface area contributed by atoms with E-state index in [1.165, 1.54) is 0 Å². The lowest BCUT2D eigenvalue weighted by Gasteiger charge is -2.22. The third-order valence-corrected chi connectivity index (χ3v) is 4.22. The fourth-order valence-corrected chi connectivity index (χ4v) is 3.01. The van der Waals surface area contributed by atoms with Crippen molar-refractivity contribution >= 4 is 5.91 Å². The normalized spacial score (nSPS) is 13.2. The van der Waals surface area contributed by atoms with Gasteiger partial charge in [0.05, 0.1) is 5.54 Å². The number of hydrogen-bond acceptors (Lipinski definition) is 4. The molecule has 0 saturated heterocycles. The topological polar surface area (TPSA) is 56.6 Å². The Hall–Kier alpha value is -2.50. The molecule has 0 fully saturated rings. The van der Waals surface area contributed by atoms with E-state index < -0.39 is 0 Å².